The first-order valence-corrected chi connectivity index (χ1v) is 14.2. The van der Waals surface area contributed by atoms with E-state index in [-0.39, 0.29) is 18.2 Å². The Morgan fingerprint density at radius 2 is 1.95 bits per heavy atom. The van der Waals surface area contributed by atoms with Gasteiger partial charge in [-0.3, -0.25) is 14.5 Å². The van der Waals surface area contributed by atoms with Gasteiger partial charge in [0.2, 0.25) is 5.91 Å². The monoisotopic (exact) mass is 529 g/mol. The highest BCUT2D eigenvalue weighted by Crippen LogP contribution is 2.40. The summed E-state index contributed by atoms with van der Waals surface area (Å²) < 4.78 is 0. The lowest BCUT2D eigenvalue weighted by Crippen LogP contribution is -2.52. The number of anilines is 2. The number of piperazine rings is 1. The van der Waals surface area contributed by atoms with E-state index in [1.165, 1.54) is 23.0 Å². The first-order valence-electron chi connectivity index (χ1n) is 13.4. The van der Waals surface area contributed by atoms with E-state index in [1.54, 1.807) is 23.2 Å². The highest BCUT2D eigenvalue weighted by atomic mass is 32.2. The molecule has 3 aromatic rings. The molecular weight excluding hydrogens is 494 g/mol. The van der Waals surface area contributed by atoms with Gasteiger partial charge in [0.1, 0.15) is 5.03 Å². The standard InChI is InChI=1S/C30H35N5O2S/c1-22-8-5-9-24(20-22)34-19-18-33(23(2)21-34)16-7-15-31-28(36)13-17-35-26-11-3-4-12-27(26)38-29-25(30(35)37)10-6-14-32-29/h3-6,8-12,14,20,23H,7,13,15-19,21H2,1-2H3,(H,31,36)/t23-/m0/s1. The third kappa shape index (κ3) is 6.03. The van der Waals surface area contributed by atoms with E-state index in [4.69, 9.17) is 0 Å². The highest BCUT2D eigenvalue weighted by molar-refractivity contribution is 7.99. The number of carbonyl (C=O) groups excluding carboxylic acids is 2. The predicted octanol–water partition coefficient (Wildman–Crippen LogP) is 4.61. The minimum atomic E-state index is -0.114. The van der Waals surface area contributed by atoms with Crippen LogP contribution in [0.5, 0.6) is 0 Å². The topological polar surface area (TPSA) is 68.8 Å². The molecule has 0 spiro atoms. The Kier molecular flexibility index (Phi) is 8.29. The van der Waals surface area contributed by atoms with Gasteiger partial charge >= 0.3 is 0 Å². The number of fused-ring (bicyclic) bond motifs is 2. The SMILES string of the molecule is Cc1cccc(N2CCN(CCCNC(=O)CCN3C(=O)c4cccnc4Sc4ccccc43)[C@@H](C)C2)c1. The van der Waals surface area contributed by atoms with Gasteiger partial charge in [-0.1, -0.05) is 36.0 Å². The quantitative estimate of drug-likeness (QED) is 0.430. The molecule has 2 amide bonds. The Labute approximate surface area is 229 Å². The second kappa shape index (κ2) is 12.0. The molecule has 2 aliphatic rings. The van der Waals surface area contributed by atoms with E-state index in [9.17, 15) is 9.59 Å². The Balaban J connectivity index is 1.09. The normalized spacial score (nSPS) is 17.5. The second-order valence-electron chi connectivity index (χ2n) is 10.0. The maximum absolute atomic E-state index is 13.3. The molecule has 3 heterocycles. The number of rotatable bonds is 8. The number of pyridine rings is 1. The first-order chi connectivity index (χ1) is 18.5. The summed E-state index contributed by atoms with van der Waals surface area (Å²) in [7, 11) is 0. The van der Waals surface area contributed by atoms with Crippen molar-refractivity contribution in [1.82, 2.24) is 15.2 Å². The number of amides is 2. The molecule has 1 N–H and O–H groups in total. The summed E-state index contributed by atoms with van der Waals surface area (Å²) in [6.45, 7) is 9.39. The van der Waals surface area contributed by atoms with Gasteiger partial charge in [-0.15, -0.1) is 0 Å². The number of para-hydroxylation sites is 1. The largest absolute Gasteiger partial charge is 0.369 e. The van der Waals surface area contributed by atoms with Gasteiger partial charge in [0.25, 0.3) is 5.91 Å². The van der Waals surface area contributed by atoms with Crippen LogP contribution >= 0.6 is 11.8 Å². The van der Waals surface area contributed by atoms with Gasteiger partial charge in [0.15, 0.2) is 0 Å². The van der Waals surface area contributed by atoms with Crippen LogP contribution in [0.4, 0.5) is 11.4 Å². The number of benzene rings is 2. The van der Waals surface area contributed by atoms with Crippen molar-refractivity contribution < 1.29 is 9.59 Å². The Morgan fingerprint density at radius 1 is 1.08 bits per heavy atom. The van der Waals surface area contributed by atoms with E-state index < -0.39 is 0 Å². The van der Waals surface area contributed by atoms with E-state index in [0.29, 0.717) is 29.7 Å². The molecule has 1 atom stereocenters. The average Bonchev–Trinajstić information content (AvgIpc) is 3.04. The summed E-state index contributed by atoms with van der Waals surface area (Å²) >= 11 is 1.49. The summed E-state index contributed by atoms with van der Waals surface area (Å²) in [6.07, 6.45) is 2.86. The fraction of sp³-hybridized carbons (Fsp3) is 0.367. The summed E-state index contributed by atoms with van der Waals surface area (Å²) in [5.41, 5.74) is 3.99. The lowest BCUT2D eigenvalue weighted by molar-refractivity contribution is -0.120. The molecule has 0 aliphatic carbocycles. The summed E-state index contributed by atoms with van der Waals surface area (Å²) in [5.74, 6) is -0.145. The zero-order valence-electron chi connectivity index (χ0n) is 22.1. The zero-order chi connectivity index (χ0) is 26.5. The van der Waals surface area contributed by atoms with Gasteiger partial charge in [0, 0.05) is 68.5 Å². The Bertz CT molecular complexity index is 1300. The molecule has 1 aromatic heterocycles. The van der Waals surface area contributed by atoms with E-state index >= 15 is 0 Å². The maximum atomic E-state index is 13.3. The summed E-state index contributed by atoms with van der Waals surface area (Å²) in [5, 5.41) is 3.76. The van der Waals surface area contributed by atoms with Crippen molar-refractivity contribution >= 4 is 35.0 Å². The third-order valence-electron chi connectivity index (χ3n) is 7.25. The van der Waals surface area contributed by atoms with Gasteiger partial charge in [0.05, 0.1) is 11.3 Å². The van der Waals surface area contributed by atoms with Gasteiger partial charge in [-0.05, 0) is 62.2 Å². The lowest BCUT2D eigenvalue weighted by atomic mass is 10.1. The lowest BCUT2D eigenvalue weighted by Gasteiger charge is -2.41. The van der Waals surface area contributed by atoms with Crippen LogP contribution in [0.15, 0.2) is 76.8 Å². The third-order valence-corrected chi connectivity index (χ3v) is 8.33. The van der Waals surface area contributed by atoms with Crippen molar-refractivity contribution in [3.63, 3.8) is 0 Å². The van der Waals surface area contributed by atoms with Crippen LogP contribution in [0.25, 0.3) is 0 Å². The van der Waals surface area contributed by atoms with E-state index in [1.807, 2.05) is 24.3 Å². The van der Waals surface area contributed by atoms with Crippen LogP contribution in [0.2, 0.25) is 0 Å². The molecule has 0 unspecified atom stereocenters. The van der Waals surface area contributed by atoms with Crippen molar-refractivity contribution in [3.05, 3.63) is 78.0 Å². The number of hydrogen-bond acceptors (Lipinski definition) is 6. The van der Waals surface area contributed by atoms with Crippen LogP contribution in [0.1, 0.15) is 35.7 Å². The molecule has 0 radical (unpaired) electrons. The van der Waals surface area contributed by atoms with Crippen molar-refractivity contribution in [2.24, 2.45) is 0 Å². The summed E-state index contributed by atoms with van der Waals surface area (Å²) in [4.78, 5) is 38.1. The molecule has 2 aliphatic heterocycles. The van der Waals surface area contributed by atoms with E-state index in [2.05, 4.69) is 58.2 Å². The van der Waals surface area contributed by atoms with Crippen molar-refractivity contribution in [2.45, 2.75) is 42.7 Å². The molecular formula is C30H35N5O2S. The molecule has 5 rings (SSSR count). The average molecular weight is 530 g/mol. The Morgan fingerprint density at radius 3 is 2.79 bits per heavy atom. The first kappa shape index (κ1) is 26.3. The number of carbonyl (C=O) groups is 2. The Hall–Kier alpha value is -3.36. The summed E-state index contributed by atoms with van der Waals surface area (Å²) in [6, 6.07) is 20.6. The smallest absolute Gasteiger partial charge is 0.261 e. The molecule has 198 valence electrons. The fourth-order valence-electron chi connectivity index (χ4n) is 5.18. The minimum absolute atomic E-state index is 0.0316. The van der Waals surface area contributed by atoms with Gasteiger partial charge < -0.3 is 15.1 Å². The maximum Gasteiger partial charge on any atom is 0.261 e. The van der Waals surface area contributed by atoms with Crippen molar-refractivity contribution in [1.29, 1.82) is 0 Å². The van der Waals surface area contributed by atoms with Crippen LogP contribution in [0.3, 0.4) is 0 Å². The minimum Gasteiger partial charge on any atom is -0.369 e. The number of nitrogens with zero attached hydrogens (tertiary/aromatic N) is 4. The molecule has 2 aromatic carbocycles. The fourth-order valence-corrected chi connectivity index (χ4v) is 6.20. The zero-order valence-corrected chi connectivity index (χ0v) is 22.9. The van der Waals surface area contributed by atoms with Crippen LogP contribution < -0.4 is 15.1 Å². The molecule has 38 heavy (non-hydrogen) atoms. The molecule has 1 fully saturated rings. The van der Waals surface area contributed by atoms with Gasteiger partial charge in [-0.25, -0.2) is 4.98 Å². The van der Waals surface area contributed by atoms with Crippen LogP contribution in [-0.2, 0) is 4.79 Å². The molecule has 8 heteroatoms. The van der Waals surface area contributed by atoms with Crippen molar-refractivity contribution in [3.8, 4) is 0 Å². The van der Waals surface area contributed by atoms with Crippen LogP contribution in [-0.4, -0.2) is 67.0 Å². The number of hydrogen-bond donors (Lipinski definition) is 1. The number of aryl methyl sites for hydroxylation is 1. The predicted molar refractivity (Wildman–Crippen MR) is 153 cm³/mol. The van der Waals surface area contributed by atoms with Gasteiger partial charge in [-0.2, -0.15) is 0 Å². The van der Waals surface area contributed by atoms with Crippen LogP contribution in [0, 0.1) is 6.92 Å². The molecule has 0 saturated carbocycles. The second-order valence-corrected chi connectivity index (χ2v) is 11.0. The molecule has 7 nitrogen and oxygen atoms in total. The number of aromatic nitrogens is 1. The highest BCUT2D eigenvalue weighted by Gasteiger charge is 2.28. The molecule has 0 bridgehead atoms. The van der Waals surface area contributed by atoms with E-state index in [0.717, 1.165) is 43.2 Å². The van der Waals surface area contributed by atoms with Crippen molar-refractivity contribution in [2.75, 3.05) is 49.1 Å². The number of nitrogens with one attached hydrogen (secondary N) is 1. The molecule has 1 saturated heterocycles.